The van der Waals surface area contributed by atoms with E-state index in [2.05, 4.69) is 25.2 Å². The molecule has 0 heterocycles. The first kappa shape index (κ1) is 15.5. The summed E-state index contributed by atoms with van der Waals surface area (Å²) in [6.45, 7) is 2.29. The smallest absolute Gasteiger partial charge is 0.0282 e. The van der Waals surface area contributed by atoms with Crippen molar-refractivity contribution in [2.45, 2.75) is 90.4 Å². The van der Waals surface area contributed by atoms with E-state index in [0.29, 0.717) is 0 Å². The standard InChI is InChI=1S/C18H32/c1-2-3-4-5-6-7-8-9-10-12-15-18-16-13-11-14-17-18/h12,15-16H,2-11,13-14,17H2,1H3. The number of hydrogen-bond acceptors (Lipinski definition) is 0. The van der Waals surface area contributed by atoms with E-state index >= 15 is 0 Å². The monoisotopic (exact) mass is 248 g/mol. The fraction of sp³-hybridized carbons (Fsp3) is 0.778. The number of rotatable bonds is 10. The Bertz CT molecular complexity index is 234. The second-order valence-corrected chi connectivity index (χ2v) is 5.69. The third kappa shape index (κ3) is 8.55. The van der Waals surface area contributed by atoms with Crippen LogP contribution in [-0.2, 0) is 0 Å². The van der Waals surface area contributed by atoms with Crippen molar-refractivity contribution in [3.63, 3.8) is 0 Å². The maximum atomic E-state index is 2.42. The van der Waals surface area contributed by atoms with Gasteiger partial charge in [0.15, 0.2) is 0 Å². The first-order valence-electron chi connectivity index (χ1n) is 8.29. The average Bonchev–Trinajstić information content (AvgIpc) is 2.42. The molecular formula is C18H32. The molecule has 18 heavy (non-hydrogen) atoms. The fourth-order valence-corrected chi connectivity index (χ4v) is 2.65. The lowest BCUT2D eigenvalue weighted by Crippen LogP contribution is -1.88. The highest BCUT2D eigenvalue weighted by atomic mass is 14.0. The molecule has 0 aromatic carbocycles. The summed E-state index contributed by atoms with van der Waals surface area (Å²) in [4.78, 5) is 0. The predicted octanol–water partition coefficient (Wildman–Crippen LogP) is 6.57. The minimum absolute atomic E-state index is 1.28. The van der Waals surface area contributed by atoms with Gasteiger partial charge >= 0.3 is 0 Å². The molecule has 0 saturated carbocycles. The van der Waals surface area contributed by atoms with Crippen LogP contribution in [0.4, 0.5) is 0 Å². The summed E-state index contributed by atoms with van der Waals surface area (Å²) < 4.78 is 0. The molecule has 1 aliphatic carbocycles. The van der Waals surface area contributed by atoms with Crippen LogP contribution in [0.5, 0.6) is 0 Å². The van der Waals surface area contributed by atoms with Gasteiger partial charge in [0.1, 0.15) is 0 Å². The van der Waals surface area contributed by atoms with Crippen LogP contribution >= 0.6 is 0 Å². The number of allylic oxidation sites excluding steroid dienone is 4. The SMILES string of the molecule is CCCCCCCCCCC=CC1=CCCCC1. The fourth-order valence-electron chi connectivity index (χ4n) is 2.65. The van der Waals surface area contributed by atoms with E-state index < -0.39 is 0 Å². The zero-order valence-corrected chi connectivity index (χ0v) is 12.4. The van der Waals surface area contributed by atoms with Gasteiger partial charge in [0.05, 0.1) is 0 Å². The highest BCUT2D eigenvalue weighted by molar-refractivity contribution is 5.19. The van der Waals surface area contributed by atoms with E-state index in [1.54, 1.807) is 5.57 Å². The number of hydrogen-bond donors (Lipinski definition) is 0. The summed E-state index contributed by atoms with van der Waals surface area (Å²) in [7, 11) is 0. The van der Waals surface area contributed by atoms with Gasteiger partial charge in [-0.2, -0.15) is 0 Å². The van der Waals surface area contributed by atoms with Crippen molar-refractivity contribution in [3.05, 3.63) is 23.8 Å². The summed E-state index contributed by atoms with van der Waals surface area (Å²) in [5.41, 5.74) is 1.58. The van der Waals surface area contributed by atoms with E-state index in [4.69, 9.17) is 0 Å². The summed E-state index contributed by atoms with van der Waals surface area (Å²) in [5, 5.41) is 0. The summed E-state index contributed by atoms with van der Waals surface area (Å²) in [6, 6.07) is 0. The second kappa shape index (κ2) is 11.6. The molecule has 0 unspecified atom stereocenters. The van der Waals surface area contributed by atoms with Crippen molar-refractivity contribution in [1.82, 2.24) is 0 Å². The molecule has 0 radical (unpaired) electrons. The molecule has 0 nitrogen and oxygen atoms in total. The molecule has 104 valence electrons. The van der Waals surface area contributed by atoms with Crippen molar-refractivity contribution in [1.29, 1.82) is 0 Å². The van der Waals surface area contributed by atoms with Gasteiger partial charge in [-0.05, 0) is 38.5 Å². The molecule has 0 saturated heterocycles. The van der Waals surface area contributed by atoms with E-state index in [1.807, 2.05) is 0 Å². The minimum Gasteiger partial charge on any atom is -0.0843 e. The van der Waals surface area contributed by atoms with Crippen LogP contribution in [0, 0.1) is 0 Å². The molecule has 0 aromatic heterocycles. The highest BCUT2D eigenvalue weighted by Gasteiger charge is 1.98. The van der Waals surface area contributed by atoms with E-state index in [-0.39, 0.29) is 0 Å². The normalized spacial score (nSPS) is 16.2. The molecule has 0 N–H and O–H groups in total. The van der Waals surface area contributed by atoms with Gasteiger partial charge in [-0.25, -0.2) is 0 Å². The van der Waals surface area contributed by atoms with Crippen LogP contribution in [0.3, 0.4) is 0 Å². The molecule has 1 aliphatic rings. The Hall–Kier alpha value is -0.520. The second-order valence-electron chi connectivity index (χ2n) is 5.69. The average molecular weight is 248 g/mol. The third-order valence-corrected chi connectivity index (χ3v) is 3.88. The van der Waals surface area contributed by atoms with Gasteiger partial charge in [-0.3, -0.25) is 0 Å². The van der Waals surface area contributed by atoms with Crippen LogP contribution in [-0.4, -0.2) is 0 Å². The van der Waals surface area contributed by atoms with Crippen LogP contribution in [0.15, 0.2) is 23.8 Å². The zero-order chi connectivity index (χ0) is 12.9. The minimum atomic E-state index is 1.28. The Morgan fingerprint density at radius 1 is 0.944 bits per heavy atom. The van der Waals surface area contributed by atoms with Crippen molar-refractivity contribution in [2.24, 2.45) is 0 Å². The first-order chi connectivity index (χ1) is 8.93. The predicted molar refractivity (Wildman–Crippen MR) is 82.9 cm³/mol. The van der Waals surface area contributed by atoms with Crippen LogP contribution in [0.25, 0.3) is 0 Å². The quantitative estimate of drug-likeness (QED) is 0.383. The molecule has 0 bridgehead atoms. The van der Waals surface area contributed by atoms with E-state index in [1.165, 1.54) is 83.5 Å². The van der Waals surface area contributed by atoms with Crippen molar-refractivity contribution in [2.75, 3.05) is 0 Å². The molecule has 0 aromatic rings. The van der Waals surface area contributed by atoms with Crippen LogP contribution in [0.1, 0.15) is 90.4 Å². The summed E-state index contributed by atoms with van der Waals surface area (Å²) in [5.74, 6) is 0. The largest absolute Gasteiger partial charge is 0.0843 e. The molecule has 1 rings (SSSR count). The van der Waals surface area contributed by atoms with Gasteiger partial charge in [0.2, 0.25) is 0 Å². The zero-order valence-electron chi connectivity index (χ0n) is 12.4. The lowest BCUT2D eigenvalue weighted by molar-refractivity contribution is 0.577. The molecule has 0 amide bonds. The van der Waals surface area contributed by atoms with Crippen molar-refractivity contribution < 1.29 is 0 Å². The molecule has 0 spiro atoms. The third-order valence-electron chi connectivity index (χ3n) is 3.88. The molecule has 0 atom stereocenters. The first-order valence-corrected chi connectivity index (χ1v) is 8.29. The Kier molecular flexibility index (Phi) is 9.98. The number of unbranched alkanes of at least 4 members (excludes halogenated alkanes) is 8. The van der Waals surface area contributed by atoms with Gasteiger partial charge in [0.25, 0.3) is 0 Å². The topological polar surface area (TPSA) is 0 Å². The van der Waals surface area contributed by atoms with E-state index in [0.717, 1.165) is 0 Å². The molecule has 0 fully saturated rings. The maximum absolute atomic E-state index is 2.42. The van der Waals surface area contributed by atoms with E-state index in [9.17, 15) is 0 Å². The van der Waals surface area contributed by atoms with Crippen molar-refractivity contribution >= 4 is 0 Å². The lowest BCUT2D eigenvalue weighted by atomic mass is 9.99. The van der Waals surface area contributed by atoms with Crippen LogP contribution in [0.2, 0.25) is 0 Å². The Morgan fingerprint density at radius 2 is 1.67 bits per heavy atom. The molecule has 0 aliphatic heterocycles. The Labute approximate surface area is 115 Å². The molecular weight excluding hydrogens is 216 g/mol. The van der Waals surface area contributed by atoms with Crippen molar-refractivity contribution in [3.8, 4) is 0 Å². The van der Waals surface area contributed by atoms with Gasteiger partial charge < -0.3 is 0 Å². The van der Waals surface area contributed by atoms with Gasteiger partial charge in [-0.15, -0.1) is 0 Å². The maximum Gasteiger partial charge on any atom is -0.0282 e. The Balaban J connectivity index is 1.86. The lowest BCUT2D eigenvalue weighted by Gasteiger charge is -2.07. The highest BCUT2D eigenvalue weighted by Crippen LogP contribution is 2.18. The Morgan fingerprint density at radius 3 is 2.33 bits per heavy atom. The van der Waals surface area contributed by atoms with Gasteiger partial charge in [0, 0.05) is 0 Å². The summed E-state index contributed by atoms with van der Waals surface area (Å²) in [6.07, 6.45) is 25.3. The molecule has 0 heteroatoms. The van der Waals surface area contributed by atoms with Gasteiger partial charge in [-0.1, -0.05) is 75.7 Å². The van der Waals surface area contributed by atoms with Crippen LogP contribution < -0.4 is 0 Å². The summed E-state index contributed by atoms with van der Waals surface area (Å²) >= 11 is 0.